The van der Waals surface area contributed by atoms with Crippen molar-refractivity contribution in [1.82, 2.24) is 20.1 Å². The van der Waals surface area contributed by atoms with E-state index in [0.29, 0.717) is 12.8 Å². The van der Waals surface area contributed by atoms with E-state index in [4.69, 9.17) is 27.9 Å². The predicted molar refractivity (Wildman–Crippen MR) is 120 cm³/mol. The molecule has 2 atom stereocenters. The van der Waals surface area contributed by atoms with E-state index in [9.17, 15) is 24.6 Å². The molecule has 2 aromatic carbocycles. The van der Waals surface area contributed by atoms with Gasteiger partial charge in [0.2, 0.25) is 0 Å². The molecule has 0 aliphatic heterocycles. The zero-order valence-electron chi connectivity index (χ0n) is 16.9. The van der Waals surface area contributed by atoms with Crippen LogP contribution in [0.3, 0.4) is 0 Å². The third-order valence-corrected chi connectivity index (χ3v) is 5.73. The van der Waals surface area contributed by atoms with Crippen LogP contribution in [0.4, 0.5) is 0 Å². The zero-order valence-corrected chi connectivity index (χ0v) is 18.4. The van der Waals surface area contributed by atoms with Crippen LogP contribution in [0.5, 0.6) is 17.2 Å². The first-order valence-corrected chi connectivity index (χ1v) is 10.7. The molecule has 1 aliphatic rings. The van der Waals surface area contributed by atoms with Crippen molar-refractivity contribution in [2.24, 2.45) is 0 Å². The van der Waals surface area contributed by atoms with Gasteiger partial charge in [0, 0.05) is 0 Å². The van der Waals surface area contributed by atoms with E-state index in [1.54, 1.807) is 0 Å². The van der Waals surface area contributed by atoms with Crippen LogP contribution in [0.2, 0.25) is 10.0 Å². The van der Waals surface area contributed by atoms with Crippen molar-refractivity contribution in [2.75, 3.05) is 0 Å². The van der Waals surface area contributed by atoms with E-state index in [0.717, 1.165) is 17.3 Å². The van der Waals surface area contributed by atoms with Gasteiger partial charge >= 0.3 is 5.69 Å². The summed E-state index contributed by atoms with van der Waals surface area (Å²) < 4.78 is 6.65. The van der Waals surface area contributed by atoms with Crippen molar-refractivity contribution in [3.05, 3.63) is 73.0 Å². The molecule has 4 N–H and O–H groups in total. The summed E-state index contributed by atoms with van der Waals surface area (Å²) in [6.45, 7) is 0. The van der Waals surface area contributed by atoms with Crippen molar-refractivity contribution in [1.29, 1.82) is 0 Å². The van der Waals surface area contributed by atoms with Gasteiger partial charge in [-0.15, -0.1) is 0 Å². The normalized spacial score (nSPS) is 17.7. The van der Waals surface area contributed by atoms with Crippen molar-refractivity contribution in [3.8, 4) is 22.9 Å². The number of halogens is 2. The number of hydrogen-bond donors (Lipinski definition) is 4. The second kappa shape index (κ2) is 9.26. The Hall–Kier alpha value is -3.34. The van der Waals surface area contributed by atoms with Crippen LogP contribution in [-0.2, 0) is 0 Å². The van der Waals surface area contributed by atoms with Crippen LogP contribution < -0.4 is 21.3 Å². The minimum atomic E-state index is -0.773. The number of aliphatic hydroxyl groups excluding tert-OH is 1. The van der Waals surface area contributed by atoms with E-state index in [1.165, 1.54) is 30.3 Å². The number of rotatable bonds is 5. The smallest absolute Gasteiger partial charge is 0.349 e. The number of aromatic hydroxyl groups is 1. The third-order valence-electron chi connectivity index (χ3n) is 5.17. The Bertz CT molecular complexity index is 1320. The summed E-state index contributed by atoms with van der Waals surface area (Å²) in [5, 5.41) is 26.6. The lowest BCUT2D eigenvalue weighted by molar-refractivity contribution is 0.0870. The van der Waals surface area contributed by atoms with Crippen LogP contribution in [0.1, 0.15) is 29.6 Å². The van der Waals surface area contributed by atoms with Gasteiger partial charge in [0.25, 0.3) is 11.5 Å². The van der Waals surface area contributed by atoms with E-state index in [-0.39, 0.29) is 44.6 Å². The number of aliphatic hydroxyl groups is 1. The molecule has 33 heavy (non-hydrogen) atoms. The molecule has 1 aliphatic carbocycles. The van der Waals surface area contributed by atoms with Crippen LogP contribution >= 0.6 is 23.2 Å². The van der Waals surface area contributed by atoms with E-state index < -0.39 is 23.3 Å². The molecular formula is C21H18Cl2N4O6. The number of nitrogens with one attached hydrogen (secondary N) is 2. The lowest BCUT2D eigenvalue weighted by Crippen LogP contribution is -2.39. The van der Waals surface area contributed by atoms with Crippen LogP contribution in [-0.4, -0.2) is 43.0 Å². The Morgan fingerprint density at radius 1 is 1.18 bits per heavy atom. The van der Waals surface area contributed by atoms with Crippen molar-refractivity contribution >= 4 is 29.1 Å². The monoisotopic (exact) mass is 492 g/mol. The van der Waals surface area contributed by atoms with Gasteiger partial charge in [0.15, 0.2) is 5.75 Å². The number of phenols is 1. The largest absolute Gasteiger partial charge is 0.507 e. The molecule has 1 aromatic heterocycles. The number of carbonyl (C=O) groups is 1. The fourth-order valence-corrected chi connectivity index (χ4v) is 4.09. The van der Waals surface area contributed by atoms with Gasteiger partial charge in [-0.1, -0.05) is 23.2 Å². The van der Waals surface area contributed by atoms with Gasteiger partial charge in [-0.25, -0.2) is 4.79 Å². The molecule has 10 nitrogen and oxygen atoms in total. The SMILES string of the molecule is O=C(NC1CCCC1O)c1cc(Oc2c(Cl)cc(-n3ncc(=O)[nH]c3=O)cc2Cl)ccc1O. The van der Waals surface area contributed by atoms with Gasteiger partial charge in [0.1, 0.15) is 17.7 Å². The molecule has 172 valence electrons. The van der Waals surface area contributed by atoms with E-state index in [2.05, 4.69) is 15.4 Å². The van der Waals surface area contributed by atoms with Crippen molar-refractivity contribution in [3.63, 3.8) is 0 Å². The Morgan fingerprint density at radius 3 is 2.55 bits per heavy atom. The third kappa shape index (κ3) is 4.87. The maximum absolute atomic E-state index is 12.6. The highest BCUT2D eigenvalue weighted by Crippen LogP contribution is 2.39. The summed E-state index contributed by atoms with van der Waals surface area (Å²) in [6, 6.07) is 6.37. The summed E-state index contributed by atoms with van der Waals surface area (Å²) in [6.07, 6.45) is 2.36. The molecule has 1 heterocycles. The molecule has 0 saturated heterocycles. The Labute approximate surface area is 196 Å². The lowest BCUT2D eigenvalue weighted by atomic mass is 10.1. The summed E-state index contributed by atoms with van der Waals surface area (Å²) >= 11 is 12.6. The molecule has 3 aromatic rings. The maximum atomic E-state index is 12.6. The number of ether oxygens (including phenoxy) is 1. The first-order valence-electron chi connectivity index (χ1n) is 9.91. The molecule has 0 spiro atoms. The number of nitrogens with zero attached hydrogens (tertiary/aromatic N) is 2. The second-order valence-corrected chi connectivity index (χ2v) is 8.26. The fourth-order valence-electron chi connectivity index (χ4n) is 3.54. The quantitative estimate of drug-likeness (QED) is 0.427. The van der Waals surface area contributed by atoms with Gasteiger partial charge in [-0.3, -0.25) is 14.6 Å². The highest BCUT2D eigenvalue weighted by Gasteiger charge is 2.28. The number of amides is 1. The number of aromatic amines is 1. The topological polar surface area (TPSA) is 147 Å². The number of carbonyl (C=O) groups excluding carboxylic acids is 1. The van der Waals surface area contributed by atoms with Gasteiger partial charge in [-0.05, 0) is 49.6 Å². The van der Waals surface area contributed by atoms with Crippen molar-refractivity contribution in [2.45, 2.75) is 31.4 Å². The van der Waals surface area contributed by atoms with Crippen molar-refractivity contribution < 1.29 is 19.7 Å². The average Bonchev–Trinajstić information content (AvgIpc) is 3.16. The maximum Gasteiger partial charge on any atom is 0.349 e. The molecular weight excluding hydrogens is 475 g/mol. The Balaban J connectivity index is 1.60. The molecule has 0 radical (unpaired) electrons. The first-order chi connectivity index (χ1) is 15.7. The van der Waals surface area contributed by atoms with Gasteiger partial charge < -0.3 is 20.3 Å². The number of benzene rings is 2. The molecule has 1 saturated carbocycles. The number of aromatic nitrogens is 3. The molecule has 0 bridgehead atoms. The molecule has 2 unspecified atom stereocenters. The van der Waals surface area contributed by atoms with Crippen LogP contribution in [0, 0.1) is 0 Å². The molecule has 4 rings (SSSR count). The van der Waals surface area contributed by atoms with Crippen LogP contribution in [0.25, 0.3) is 5.69 Å². The van der Waals surface area contributed by atoms with Crippen LogP contribution in [0.15, 0.2) is 46.1 Å². The molecule has 12 heteroatoms. The predicted octanol–water partition coefficient (Wildman–Crippen LogP) is 2.37. The standard InChI is InChI=1S/C21H18Cl2N4O6/c22-13-6-10(27-21(32)26-18(30)9-24-27)7-14(23)19(13)33-11-4-5-16(28)12(8-11)20(31)25-15-2-1-3-17(15)29/h4-9,15,17,28-29H,1-3H2,(H,25,31)(H,26,30,32). The summed E-state index contributed by atoms with van der Waals surface area (Å²) in [5.74, 6) is -0.605. The summed E-state index contributed by atoms with van der Waals surface area (Å²) in [5.41, 5.74) is -1.27. The molecule has 1 fully saturated rings. The average molecular weight is 493 g/mol. The Morgan fingerprint density at radius 2 is 1.91 bits per heavy atom. The fraction of sp³-hybridized carbons (Fsp3) is 0.238. The van der Waals surface area contributed by atoms with Gasteiger partial charge in [-0.2, -0.15) is 9.78 Å². The lowest BCUT2D eigenvalue weighted by Gasteiger charge is -2.17. The zero-order chi connectivity index (χ0) is 23.7. The summed E-state index contributed by atoms with van der Waals surface area (Å²) in [4.78, 5) is 37.9. The second-order valence-electron chi connectivity index (χ2n) is 7.45. The number of phenolic OH excluding ortho intramolecular Hbond substituents is 1. The minimum absolute atomic E-state index is 0.0329. The number of hydrogen-bond acceptors (Lipinski definition) is 7. The number of H-pyrrole nitrogens is 1. The molecule has 1 amide bonds. The van der Waals surface area contributed by atoms with Gasteiger partial charge in [0.05, 0.1) is 33.4 Å². The minimum Gasteiger partial charge on any atom is -0.507 e. The Kier molecular flexibility index (Phi) is 6.41. The van der Waals surface area contributed by atoms with E-state index >= 15 is 0 Å². The van der Waals surface area contributed by atoms with E-state index in [1.807, 2.05) is 0 Å². The highest BCUT2D eigenvalue weighted by molar-refractivity contribution is 6.37. The summed E-state index contributed by atoms with van der Waals surface area (Å²) in [7, 11) is 0. The first kappa shape index (κ1) is 22.8. The highest BCUT2D eigenvalue weighted by atomic mass is 35.5.